The zero-order chi connectivity index (χ0) is 20.9. The Morgan fingerprint density at radius 1 is 1.03 bits per heavy atom. The average Bonchev–Trinajstić information content (AvgIpc) is 3.26. The van der Waals surface area contributed by atoms with Crippen molar-refractivity contribution in [1.29, 1.82) is 0 Å². The maximum atomic E-state index is 13.0. The summed E-state index contributed by atoms with van der Waals surface area (Å²) in [4.78, 5) is 19.6. The van der Waals surface area contributed by atoms with E-state index < -0.39 is 0 Å². The smallest absolute Gasteiger partial charge is 0.322 e. The highest BCUT2D eigenvalue weighted by Crippen LogP contribution is 2.33. The fourth-order valence-electron chi connectivity index (χ4n) is 3.94. The molecule has 2 heterocycles. The van der Waals surface area contributed by atoms with Gasteiger partial charge in [0.1, 0.15) is 0 Å². The minimum absolute atomic E-state index is 0.102. The lowest BCUT2D eigenvalue weighted by molar-refractivity contribution is 0.174. The van der Waals surface area contributed by atoms with Gasteiger partial charge < -0.3 is 29.5 Å². The summed E-state index contributed by atoms with van der Waals surface area (Å²) in [5, 5.41) is 3.13. The van der Waals surface area contributed by atoms with Gasteiger partial charge in [0, 0.05) is 39.3 Å². The number of carbonyl (C=O) groups excluding carboxylic acids is 1. The van der Waals surface area contributed by atoms with Gasteiger partial charge in [-0.3, -0.25) is 0 Å². The fourth-order valence-corrected chi connectivity index (χ4v) is 3.94. The number of para-hydroxylation sites is 2. The van der Waals surface area contributed by atoms with Gasteiger partial charge in [-0.15, -0.1) is 0 Å². The van der Waals surface area contributed by atoms with Crippen LogP contribution in [0.25, 0.3) is 0 Å². The number of hydrogen-bond acceptors (Lipinski definition) is 5. The summed E-state index contributed by atoms with van der Waals surface area (Å²) < 4.78 is 10.8. The quantitative estimate of drug-likeness (QED) is 0.788. The monoisotopic (exact) mass is 410 g/mol. The van der Waals surface area contributed by atoms with Crippen molar-refractivity contribution in [3.8, 4) is 11.5 Å². The van der Waals surface area contributed by atoms with E-state index in [1.807, 2.05) is 43.3 Å². The lowest BCUT2D eigenvalue weighted by atomic mass is 10.2. The molecule has 2 aliphatic rings. The lowest BCUT2D eigenvalue weighted by Gasteiger charge is -2.36. The molecule has 1 fully saturated rings. The van der Waals surface area contributed by atoms with Crippen molar-refractivity contribution in [3.05, 3.63) is 48.0 Å². The number of amides is 2. The van der Waals surface area contributed by atoms with E-state index in [2.05, 4.69) is 28.1 Å². The van der Waals surface area contributed by atoms with Gasteiger partial charge in [0.2, 0.25) is 6.79 Å². The molecule has 4 rings (SSSR count). The van der Waals surface area contributed by atoms with Crippen molar-refractivity contribution in [2.75, 3.05) is 56.3 Å². The summed E-state index contributed by atoms with van der Waals surface area (Å²) in [7, 11) is 0. The largest absolute Gasteiger partial charge is 0.454 e. The van der Waals surface area contributed by atoms with Gasteiger partial charge in [0.15, 0.2) is 11.5 Å². The molecule has 2 aliphatic heterocycles. The van der Waals surface area contributed by atoms with E-state index >= 15 is 0 Å². The molecule has 0 atom stereocenters. The standard InChI is InChI=1S/C23H30N4O3/c1-3-25-11-13-27(14-12-25)20-8-6-5-7-19(20)24-23(28)26(4-2)16-18-9-10-21-22(15-18)30-17-29-21/h5-10,15H,3-4,11-14,16-17H2,1-2H3,(H,24,28). The van der Waals surface area contributed by atoms with E-state index in [1.165, 1.54) is 0 Å². The molecule has 7 nitrogen and oxygen atoms in total. The normalized spacial score (nSPS) is 15.9. The van der Waals surface area contributed by atoms with Crippen molar-refractivity contribution >= 4 is 17.4 Å². The SMILES string of the molecule is CCN1CCN(c2ccccc2NC(=O)N(CC)Cc2ccc3c(c2)OCO3)CC1. The summed E-state index contributed by atoms with van der Waals surface area (Å²) in [6, 6.07) is 13.8. The number of ether oxygens (including phenoxy) is 2. The Hall–Kier alpha value is -2.93. The van der Waals surface area contributed by atoms with Crippen LogP contribution in [-0.2, 0) is 6.54 Å². The summed E-state index contributed by atoms with van der Waals surface area (Å²) in [6.07, 6.45) is 0. The number of benzene rings is 2. The minimum Gasteiger partial charge on any atom is -0.454 e. The fraction of sp³-hybridized carbons (Fsp3) is 0.435. The third-order valence-corrected chi connectivity index (χ3v) is 5.79. The van der Waals surface area contributed by atoms with Gasteiger partial charge in [-0.1, -0.05) is 25.1 Å². The van der Waals surface area contributed by atoms with Crippen LogP contribution >= 0.6 is 0 Å². The Morgan fingerprint density at radius 3 is 2.57 bits per heavy atom. The van der Waals surface area contributed by atoms with Crippen molar-refractivity contribution in [2.24, 2.45) is 0 Å². The molecule has 30 heavy (non-hydrogen) atoms. The Labute approximate surface area is 178 Å². The van der Waals surface area contributed by atoms with Crippen LogP contribution in [0.2, 0.25) is 0 Å². The first kappa shape index (κ1) is 20.3. The predicted octanol–water partition coefficient (Wildman–Crippen LogP) is 3.61. The highest BCUT2D eigenvalue weighted by Gasteiger charge is 2.21. The van der Waals surface area contributed by atoms with Crippen molar-refractivity contribution in [2.45, 2.75) is 20.4 Å². The van der Waals surface area contributed by atoms with Crippen LogP contribution in [0.4, 0.5) is 16.2 Å². The van der Waals surface area contributed by atoms with Crippen LogP contribution in [0, 0.1) is 0 Å². The number of nitrogens with zero attached hydrogens (tertiary/aromatic N) is 3. The van der Waals surface area contributed by atoms with E-state index in [1.54, 1.807) is 4.90 Å². The first-order chi connectivity index (χ1) is 14.7. The van der Waals surface area contributed by atoms with Crippen molar-refractivity contribution in [1.82, 2.24) is 9.80 Å². The van der Waals surface area contributed by atoms with E-state index in [4.69, 9.17) is 9.47 Å². The average molecular weight is 411 g/mol. The Kier molecular flexibility index (Phi) is 6.28. The number of nitrogens with one attached hydrogen (secondary N) is 1. The van der Waals surface area contributed by atoms with Crippen molar-refractivity contribution in [3.63, 3.8) is 0 Å². The molecule has 0 unspecified atom stereocenters. The molecule has 1 N–H and O–H groups in total. The van der Waals surface area contributed by atoms with Gasteiger partial charge in [0.25, 0.3) is 0 Å². The number of carbonyl (C=O) groups is 1. The number of fused-ring (bicyclic) bond motifs is 1. The predicted molar refractivity (Wildman–Crippen MR) is 118 cm³/mol. The first-order valence-electron chi connectivity index (χ1n) is 10.7. The van der Waals surface area contributed by atoms with E-state index in [0.29, 0.717) is 13.1 Å². The molecule has 7 heteroatoms. The van der Waals surface area contributed by atoms with E-state index in [9.17, 15) is 4.79 Å². The Bertz CT molecular complexity index is 881. The summed E-state index contributed by atoms with van der Waals surface area (Å²) in [6.45, 7) is 10.7. The van der Waals surface area contributed by atoms with E-state index in [0.717, 1.165) is 61.2 Å². The second-order valence-electron chi connectivity index (χ2n) is 7.57. The number of urea groups is 1. The summed E-state index contributed by atoms with van der Waals surface area (Å²) >= 11 is 0. The first-order valence-corrected chi connectivity index (χ1v) is 10.7. The van der Waals surface area contributed by atoms with Crippen LogP contribution in [0.3, 0.4) is 0 Å². The lowest BCUT2D eigenvalue weighted by Crippen LogP contribution is -2.46. The van der Waals surface area contributed by atoms with E-state index in [-0.39, 0.29) is 12.8 Å². The summed E-state index contributed by atoms with van der Waals surface area (Å²) in [5.41, 5.74) is 2.96. The van der Waals surface area contributed by atoms with Gasteiger partial charge in [-0.05, 0) is 43.3 Å². The van der Waals surface area contributed by atoms with Crippen LogP contribution in [-0.4, -0.2) is 61.9 Å². The Balaban J connectivity index is 1.43. The maximum Gasteiger partial charge on any atom is 0.322 e. The van der Waals surface area contributed by atoms with Crippen LogP contribution in [0.15, 0.2) is 42.5 Å². The zero-order valence-corrected chi connectivity index (χ0v) is 17.8. The molecular weight excluding hydrogens is 380 g/mol. The molecule has 0 bridgehead atoms. The second-order valence-corrected chi connectivity index (χ2v) is 7.57. The molecule has 0 aromatic heterocycles. The molecule has 2 aromatic carbocycles. The van der Waals surface area contributed by atoms with Crippen molar-refractivity contribution < 1.29 is 14.3 Å². The number of piperazine rings is 1. The third-order valence-electron chi connectivity index (χ3n) is 5.79. The van der Waals surface area contributed by atoms with Gasteiger partial charge in [-0.25, -0.2) is 4.79 Å². The molecule has 2 aromatic rings. The summed E-state index contributed by atoms with van der Waals surface area (Å²) in [5.74, 6) is 1.49. The van der Waals surface area contributed by atoms with Crippen LogP contribution in [0.1, 0.15) is 19.4 Å². The van der Waals surface area contributed by atoms with Crippen LogP contribution in [0.5, 0.6) is 11.5 Å². The zero-order valence-electron chi connectivity index (χ0n) is 17.8. The highest BCUT2D eigenvalue weighted by molar-refractivity contribution is 5.93. The number of hydrogen-bond donors (Lipinski definition) is 1. The van der Waals surface area contributed by atoms with Gasteiger partial charge in [0.05, 0.1) is 11.4 Å². The molecule has 160 valence electrons. The molecule has 2 amide bonds. The number of rotatable bonds is 6. The molecule has 1 saturated heterocycles. The molecule has 0 aliphatic carbocycles. The molecule has 0 saturated carbocycles. The minimum atomic E-state index is -0.102. The molecule has 0 spiro atoms. The topological polar surface area (TPSA) is 57.3 Å². The highest BCUT2D eigenvalue weighted by atomic mass is 16.7. The maximum absolute atomic E-state index is 13.0. The Morgan fingerprint density at radius 2 is 1.80 bits per heavy atom. The third kappa shape index (κ3) is 4.46. The molecule has 0 radical (unpaired) electrons. The number of likely N-dealkylation sites (N-methyl/N-ethyl adjacent to an activating group) is 1. The number of anilines is 2. The van der Waals surface area contributed by atoms with Gasteiger partial charge >= 0.3 is 6.03 Å². The van der Waals surface area contributed by atoms with Crippen LogP contribution < -0.4 is 19.7 Å². The van der Waals surface area contributed by atoms with Gasteiger partial charge in [-0.2, -0.15) is 0 Å². The second kappa shape index (κ2) is 9.26. The molecular formula is C23H30N4O3.